The number of fused-ring (bicyclic) bond motifs is 1. The molecule has 0 radical (unpaired) electrons. The van der Waals surface area contributed by atoms with Crippen molar-refractivity contribution in [1.82, 2.24) is 0 Å². The van der Waals surface area contributed by atoms with Crippen molar-refractivity contribution in [2.45, 2.75) is 20.3 Å². The molecule has 0 bridgehead atoms. The van der Waals surface area contributed by atoms with E-state index in [9.17, 15) is 9.59 Å². The van der Waals surface area contributed by atoms with Crippen LogP contribution >= 0.6 is 27.3 Å². The van der Waals surface area contributed by atoms with Crippen LogP contribution in [0.15, 0.2) is 39.2 Å². The van der Waals surface area contributed by atoms with Crippen LogP contribution in [0.5, 0.6) is 0 Å². The van der Waals surface area contributed by atoms with Crippen LogP contribution in [0.3, 0.4) is 0 Å². The molecule has 0 spiro atoms. The zero-order chi connectivity index (χ0) is 19.6. The first-order valence-corrected chi connectivity index (χ1v) is 9.93. The third-order valence-electron chi connectivity index (χ3n) is 3.83. The highest BCUT2D eigenvalue weighted by molar-refractivity contribution is 9.10. The normalized spacial score (nSPS) is 10.8. The number of carbonyl (C=O) groups excluding carboxylic acids is 2. The Kier molecular flexibility index (Phi) is 5.76. The minimum absolute atomic E-state index is 0.0851. The zero-order valence-corrected chi connectivity index (χ0v) is 17.1. The minimum Gasteiger partial charge on any atom is -0.462 e. The number of benzene rings is 1. The van der Waals surface area contributed by atoms with Gasteiger partial charge in [0.2, 0.25) is 5.55 Å². The number of ether oxygens (including phenoxy) is 1. The lowest BCUT2D eigenvalue weighted by Gasteiger charge is -2.07. The van der Waals surface area contributed by atoms with E-state index in [1.807, 2.05) is 6.92 Å². The maximum atomic E-state index is 12.7. The molecule has 0 saturated carbocycles. The summed E-state index contributed by atoms with van der Waals surface area (Å²) in [5.41, 5.74) is 0.671. The van der Waals surface area contributed by atoms with E-state index in [-0.39, 0.29) is 17.7 Å². The standard InChI is InChI=1S/C19H17BrN2O4S/c1-3-12-9-14(19(24)25-4-2)18(27-12)22-17(23)13-8-10-7-11(20)5-6-15(10)26-16(13)21/h5-9,21H,3-4H2,1-2H3,(H,22,23). The summed E-state index contributed by atoms with van der Waals surface area (Å²) in [7, 11) is 0. The van der Waals surface area contributed by atoms with Gasteiger partial charge < -0.3 is 14.5 Å². The zero-order valence-electron chi connectivity index (χ0n) is 14.7. The van der Waals surface area contributed by atoms with E-state index < -0.39 is 11.9 Å². The maximum Gasteiger partial charge on any atom is 0.341 e. The maximum absolute atomic E-state index is 12.7. The van der Waals surface area contributed by atoms with Crippen LogP contribution in [-0.2, 0) is 11.2 Å². The van der Waals surface area contributed by atoms with Crippen LogP contribution in [0.1, 0.15) is 39.4 Å². The number of nitrogens with one attached hydrogen (secondary N) is 2. The van der Waals surface area contributed by atoms with Gasteiger partial charge in [-0.05, 0) is 43.7 Å². The van der Waals surface area contributed by atoms with Gasteiger partial charge in [-0.2, -0.15) is 0 Å². The summed E-state index contributed by atoms with van der Waals surface area (Å²) in [6.45, 7) is 3.94. The number of halogens is 1. The van der Waals surface area contributed by atoms with Crippen LogP contribution in [0.2, 0.25) is 0 Å². The Morgan fingerprint density at radius 1 is 1.22 bits per heavy atom. The summed E-state index contributed by atoms with van der Waals surface area (Å²) < 4.78 is 11.3. The summed E-state index contributed by atoms with van der Waals surface area (Å²) >= 11 is 4.69. The van der Waals surface area contributed by atoms with Crippen LogP contribution in [0, 0.1) is 5.41 Å². The lowest BCUT2D eigenvalue weighted by molar-refractivity contribution is 0.0528. The molecule has 2 heterocycles. The summed E-state index contributed by atoms with van der Waals surface area (Å²) in [6.07, 6.45) is 0.732. The third kappa shape index (κ3) is 4.12. The number of esters is 1. The molecule has 2 aromatic heterocycles. The second-order valence-electron chi connectivity index (χ2n) is 5.66. The Morgan fingerprint density at radius 3 is 2.70 bits per heavy atom. The second kappa shape index (κ2) is 8.06. The second-order valence-corrected chi connectivity index (χ2v) is 7.71. The summed E-state index contributed by atoms with van der Waals surface area (Å²) in [5.74, 6) is -0.998. The van der Waals surface area contributed by atoms with E-state index in [0.717, 1.165) is 15.8 Å². The fourth-order valence-electron chi connectivity index (χ4n) is 2.52. The Morgan fingerprint density at radius 2 is 2.00 bits per heavy atom. The SMILES string of the molecule is CCOC(=O)c1cc(CC)sc1NC(=O)c1cc2cc(Br)ccc2oc1=N. The summed E-state index contributed by atoms with van der Waals surface area (Å²) in [5, 5.41) is 11.8. The molecule has 27 heavy (non-hydrogen) atoms. The first-order valence-electron chi connectivity index (χ1n) is 8.32. The van der Waals surface area contributed by atoms with E-state index in [4.69, 9.17) is 14.6 Å². The molecule has 0 aliphatic rings. The average Bonchev–Trinajstić information content (AvgIpc) is 3.04. The molecule has 0 saturated heterocycles. The van der Waals surface area contributed by atoms with Crippen LogP contribution in [-0.4, -0.2) is 18.5 Å². The molecular weight excluding hydrogens is 432 g/mol. The number of thiophene rings is 1. The van der Waals surface area contributed by atoms with Gasteiger partial charge in [-0.15, -0.1) is 11.3 Å². The average molecular weight is 449 g/mol. The first-order chi connectivity index (χ1) is 12.9. The van der Waals surface area contributed by atoms with Crippen molar-refractivity contribution in [2.24, 2.45) is 0 Å². The molecule has 0 fully saturated rings. The number of amides is 1. The van der Waals surface area contributed by atoms with Crippen molar-refractivity contribution in [3.8, 4) is 0 Å². The lowest BCUT2D eigenvalue weighted by Crippen LogP contribution is -2.21. The molecule has 0 aliphatic carbocycles. The molecule has 0 atom stereocenters. The van der Waals surface area contributed by atoms with Gasteiger partial charge >= 0.3 is 5.97 Å². The molecule has 0 aliphatic heterocycles. The molecule has 8 heteroatoms. The molecule has 140 valence electrons. The Labute approximate surface area is 167 Å². The Balaban J connectivity index is 1.97. The van der Waals surface area contributed by atoms with Crippen molar-refractivity contribution in [3.63, 3.8) is 0 Å². The lowest BCUT2D eigenvalue weighted by atomic mass is 10.1. The van der Waals surface area contributed by atoms with E-state index in [2.05, 4.69) is 21.2 Å². The highest BCUT2D eigenvalue weighted by atomic mass is 79.9. The molecule has 3 aromatic rings. The highest BCUT2D eigenvalue weighted by Gasteiger charge is 2.20. The van der Waals surface area contributed by atoms with E-state index in [0.29, 0.717) is 21.5 Å². The van der Waals surface area contributed by atoms with Crippen LogP contribution < -0.4 is 10.9 Å². The fraction of sp³-hybridized carbons (Fsp3) is 0.211. The fourth-order valence-corrected chi connectivity index (χ4v) is 3.88. The molecule has 3 rings (SSSR count). The van der Waals surface area contributed by atoms with Gasteiger partial charge in [0, 0.05) is 14.7 Å². The minimum atomic E-state index is -0.513. The quantitative estimate of drug-likeness (QED) is 0.551. The van der Waals surface area contributed by atoms with Gasteiger partial charge in [0.05, 0.1) is 12.2 Å². The van der Waals surface area contributed by atoms with Gasteiger partial charge in [0.15, 0.2) is 0 Å². The van der Waals surface area contributed by atoms with Gasteiger partial charge in [-0.3, -0.25) is 10.2 Å². The van der Waals surface area contributed by atoms with Gasteiger partial charge in [0.25, 0.3) is 5.91 Å². The topological polar surface area (TPSA) is 92.4 Å². The first kappa shape index (κ1) is 19.3. The van der Waals surface area contributed by atoms with Crippen molar-refractivity contribution >= 4 is 55.1 Å². The molecule has 0 unspecified atom stereocenters. The van der Waals surface area contributed by atoms with E-state index in [1.54, 1.807) is 37.3 Å². The predicted molar refractivity (Wildman–Crippen MR) is 107 cm³/mol. The molecule has 1 amide bonds. The molecule has 2 N–H and O–H groups in total. The number of hydrogen-bond donors (Lipinski definition) is 2. The summed E-state index contributed by atoms with van der Waals surface area (Å²) in [4.78, 5) is 25.9. The summed E-state index contributed by atoms with van der Waals surface area (Å²) in [6, 6.07) is 8.65. The molecular formula is C19H17BrN2O4S. The highest BCUT2D eigenvalue weighted by Crippen LogP contribution is 2.30. The monoisotopic (exact) mass is 448 g/mol. The Hall–Kier alpha value is -2.45. The largest absolute Gasteiger partial charge is 0.462 e. The van der Waals surface area contributed by atoms with Gasteiger partial charge in [-0.25, -0.2) is 4.79 Å². The predicted octanol–water partition coefficient (Wildman–Crippen LogP) is 4.73. The van der Waals surface area contributed by atoms with Crippen molar-refractivity contribution in [1.29, 1.82) is 5.41 Å². The van der Waals surface area contributed by atoms with Crippen molar-refractivity contribution in [3.05, 3.63) is 56.4 Å². The molecule has 1 aromatic carbocycles. The van der Waals surface area contributed by atoms with E-state index >= 15 is 0 Å². The van der Waals surface area contributed by atoms with Gasteiger partial charge in [0.1, 0.15) is 16.1 Å². The number of aryl methyl sites for hydroxylation is 1. The van der Waals surface area contributed by atoms with Gasteiger partial charge in [-0.1, -0.05) is 22.9 Å². The van der Waals surface area contributed by atoms with E-state index in [1.165, 1.54) is 11.3 Å². The smallest absolute Gasteiger partial charge is 0.341 e. The van der Waals surface area contributed by atoms with Crippen LogP contribution in [0.4, 0.5) is 5.00 Å². The Bertz CT molecular complexity index is 1090. The number of rotatable bonds is 5. The third-order valence-corrected chi connectivity index (χ3v) is 5.51. The van der Waals surface area contributed by atoms with Crippen molar-refractivity contribution < 1.29 is 18.7 Å². The van der Waals surface area contributed by atoms with Crippen molar-refractivity contribution in [2.75, 3.05) is 11.9 Å². The number of carbonyl (C=O) groups is 2. The number of anilines is 1. The van der Waals surface area contributed by atoms with Crippen LogP contribution in [0.25, 0.3) is 11.0 Å². The number of hydrogen-bond acceptors (Lipinski definition) is 6. The molecule has 6 nitrogen and oxygen atoms in total.